The van der Waals surface area contributed by atoms with Crippen LogP contribution in [0.5, 0.6) is 0 Å². The van der Waals surface area contributed by atoms with Crippen molar-refractivity contribution in [1.29, 1.82) is 0 Å². The van der Waals surface area contributed by atoms with Crippen molar-refractivity contribution in [3.8, 4) is 0 Å². The summed E-state index contributed by atoms with van der Waals surface area (Å²) < 4.78 is 57.3. The van der Waals surface area contributed by atoms with Gasteiger partial charge in [0.25, 0.3) is 5.56 Å². The van der Waals surface area contributed by atoms with Gasteiger partial charge < -0.3 is 43.1 Å². The maximum absolute atomic E-state index is 13.8. The van der Waals surface area contributed by atoms with Gasteiger partial charge in [-0.25, -0.2) is 4.98 Å². The number of amides is 1. The molecule has 0 aliphatic carbocycles. The van der Waals surface area contributed by atoms with E-state index in [0.717, 1.165) is 0 Å². The minimum atomic E-state index is -4.11. The summed E-state index contributed by atoms with van der Waals surface area (Å²) in [6.45, 7) is 14.6. The van der Waals surface area contributed by atoms with Crippen molar-refractivity contribution in [2.75, 3.05) is 31.6 Å². The molecule has 0 bridgehead atoms. The number of hydrogen-bond acceptors (Lipinski definition) is 13. The van der Waals surface area contributed by atoms with Crippen molar-refractivity contribution in [3.05, 3.63) is 16.7 Å². The number of imidazole rings is 1. The number of nitrogen functional groups attached to an aromatic ring is 1. The lowest BCUT2D eigenvalue weighted by Crippen LogP contribution is -2.38. The lowest BCUT2D eigenvalue weighted by molar-refractivity contribution is -0.130. The lowest BCUT2D eigenvalue weighted by atomic mass is 10.2. The van der Waals surface area contributed by atoms with Crippen molar-refractivity contribution in [2.24, 2.45) is 0 Å². The first-order valence-corrected chi connectivity index (χ1v) is 18.3. The number of aromatic nitrogens is 4. The highest BCUT2D eigenvalue weighted by molar-refractivity contribution is 7.55. The van der Waals surface area contributed by atoms with E-state index in [1.165, 1.54) is 18.2 Å². The Morgan fingerprint density at radius 1 is 1.04 bits per heavy atom. The highest BCUT2D eigenvalue weighted by Crippen LogP contribution is 2.60. The predicted molar refractivity (Wildman–Crippen MR) is 168 cm³/mol. The first-order valence-electron chi connectivity index (χ1n) is 15.0. The molecule has 4 N–H and O–H groups in total. The van der Waals surface area contributed by atoms with Gasteiger partial charge in [0.15, 0.2) is 16.5 Å². The van der Waals surface area contributed by atoms with E-state index in [1.807, 2.05) is 0 Å². The van der Waals surface area contributed by atoms with Crippen LogP contribution in [0.1, 0.15) is 74.8 Å². The number of hydrogen-bond donors (Lipinski definition) is 3. The second kappa shape index (κ2) is 14.7. The molecule has 16 nitrogen and oxygen atoms in total. The summed E-state index contributed by atoms with van der Waals surface area (Å²) in [5.41, 5.74) is 5.49. The minimum Gasteiger partial charge on any atom is -0.376 e. The molecule has 3 rings (SSSR count). The number of nitrogens with one attached hydrogen (secondary N) is 1. The van der Waals surface area contributed by atoms with Crippen molar-refractivity contribution >= 4 is 38.2 Å². The largest absolute Gasteiger partial charge is 0.376 e. The fourth-order valence-electron chi connectivity index (χ4n) is 4.89. The van der Waals surface area contributed by atoms with E-state index in [2.05, 4.69) is 15.0 Å². The summed E-state index contributed by atoms with van der Waals surface area (Å²) in [5, 5.41) is 9.31. The molecule has 0 unspecified atom stereocenters. The molecular formula is C27H48N6O10P2. The van der Waals surface area contributed by atoms with Crippen LogP contribution in [-0.4, -0.2) is 97.2 Å². The zero-order chi connectivity index (χ0) is 33.9. The molecule has 3 heterocycles. The van der Waals surface area contributed by atoms with E-state index in [1.54, 1.807) is 60.0 Å². The molecule has 0 radical (unpaired) electrons. The molecule has 256 valence electrons. The Morgan fingerprint density at radius 2 is 1.60 bits per heavy atom. The number of nitrogens with zero attached hydrogens (tertiary/aromatic N) is 4. The molecule has 0 saturated carbocycles. The number of aromatic amines is 1. The fourth-order valence-corrected chi connectivity index (χ4v) is 8.75. The van der Waals surface area contributed by atoms with Crippen LogP contribution in [-0.2, 0) is 36.8 Å². The zero-order valence-corrected chi connectivity index (χ0v) is 29.2. The normalized spacial score (nSPS) is 19.5. The fraction of sp³-hybridized carbons (Fsp3) is 0.778. The summed E-state index contributed by atoms with van der Waals surface area (Å²) in [6.07, 6.45) is -1.45. The number of aliphatic hydroxyl groups is 1. The third kappa shape index (κ3) is 9.45. The summed E-state index contributed by atoms with van der Waals surface area (Å²) in [7, 11) is -7.69. The first-order chi connectivity index (χ1) is 20.8. The standard InChI is InChI=1S/C27H48N6O10P2/c1-16(2)40-44(37,41-17(3)4)11-10-22(34)32-12-20(33-15-29-23-24(33)30-26(28)31-25(23)35)21(13-32)39-14-27(9,36)45(38,42-18(5)6)43-19(7)8/h15-21,36H,10-14H2,1-9H3,(H3,28,30,31,35)/t20-,21-,27-/m1/s1. The third-order valence-corrected chi connectivity index (χ3v) is 11.6. The van der Waals surface area contributed by atoms with Crippen molar-refractivity contribution in [1.82, 2.24) is 24.4 Å². The van der Waals surface area contributed by atoms with Gasteiger partial charge in [-0.15, -0.1) is 0 Å². The number of likely N-dealkylation sites (tertiary alicyclic amines) is 1. The van der Waals surface area contributed by atoms with Gasteiger partial charge in [-0.2, -0.15) is 4.98 Å². The van der Waals surface area contributed by atoms with E-state index >= 15 is 0 Å². The predicted octanol–water partition coefficient (Wildman–Crippen LogP) is 3.66. The molecule has 2 aromatic rings. The smallest absolute Gasteiger partial charge is 0.364 e. The van der Waals surface area contributed by atoms with Gasteiger partial charge in [-0.05, 0) is 62.3 Å². The van der Waals surface area contributed by atoms with Crippen molar-refractivity contribution in [3.63, 3.8) is 0 Å². The highest BCUT2D eigenvalue weighted by Gasteiger charge is 2.49. The highest BCUT2D eigenvalue weighted by atomic mass is 31.2. The SMILES string of the molecule is CC(C)OP(=O)(CCC(=O)N1C[C@@H](n2cnc3c(=O)[nH]c(N)nc32)[C@H](OC[C@](C)(O)P(=O)(OC(C)C)OC(C)C)C1)OC(C)C. The Balaban J connectivity index is 1.91. The quantitative estimate of drug-likeness (QED) is 0.217. The maximum atomic E-state index is 13.8. The Bertz CT molecular complexity index is 1450. The zero-order valence-electron chi connectivity index (χ0n) is 27.5. The van der Waals surface area contributed by atoms with Gasteiger partial charge in [-0.1, -0.05) is 0 Å². The number of rotatable bonds is 16. The topological polar surface area (TPSA) is 210 Å². The van der Waals surface area contributed by atoms with Crippen LogP contribution in [0.4, 0.5) is 5.95 Å². The molecule has 1 aliphatic rings. The van der Waals surface area contributed by atoms with Gasteiger partial charge >= 0.3 is 15.2 Å². The first kappa shape index (κ1) is 37.3. The molecule has 1 fully saturated rings. The number of H-pyrrole nitrogens is 1. The molecule has 0 aromatic carbocycles. The minimum absolute atomic E-state index is 0.0393. The average molecular weight is 679 g/mol. The van der Waals surface area contributed by atoms with Crippen LogP contribution in [0.2, 0.25) is 0 Å². The molecule has 45 heavy (non-hydrogen) atoms. The summed E-state index contributed by atoms with van der Waals surface area (Å²) in [6, 6.07) is -0.648. The van der Waals surface area contributed by atoms with Crippen LogP contribution in [0.15, 0.2) is 11.1 Å². The molecule has 18 heteroatoms. The molecule has 1 amide bonds. The van der Waals surface area contributed by atoms with Crippen LogP contribution in [0.3, 0.4) is 0 Å². The molecule has 1 aliphatic heterocycles. The number of nitrogens with two attached hydrogens (primary N) is 1. The van der Waals surface area contributed by atoms with Crippen LogP contribution < -0.4 is 11.3 Å². The monoisotopic (exact) mass is 678 g/mol. The van der Waals surface area contributed by atoms with Crippen molar-refractivity contribution < 1.29 is 41.9 Å². The number of anilines is 1. The van der Waals surface area contributed by atoms with E-state index in [-0.39, 0.29) is 60.9 Å². The number of carbonyl (C=O) groups is 1. The summed E-state index contributed by atoms with van der Waals surface area (Å²) >= 11 is 0. The second-order valence-corrected chi connectivity index (χ2v) is 16.9. The Kier molecular flexibility index (Phi) is 12.2. The molecule has 2 aromatic heterocycles. The number of ether oxygens (including phenoxy) is 1. The van der Waals surface area contributed by atoms with Gasteiger partial charge in [0.2, 0.25) is 11.9 Å². The molecule has 3 atom stereocenters. The summed E-state index contributed by atoms with van der Waals surface area (Å²) in [4.78, 5) is 38.3. The Labute approximate surface area is 263 Å². The van der Waals surface area contributed by atoms with Crippen LogP contribution in [0, 0.1) is 0 Å². The van der Waals surface area contributed by atoms with Gasteiger partial charge in [0.05, 0.1) is 55.7 Å². The lowest BCUT2D eigenvalue weighted by Gasteiger charge is -2.35. The maximum Gasteiger partial charge on any atom is 0.364 e. The Morgan fingerprint density at radius 3 is 2.13 bits per heavy atom. The van der Waals surface area contributed by atoms with E-state index < -0.39 is 57.1 Å². The molecular weight excluding hydrogens is 630 g/mol. The van der Waals surface area contributed by atoms with Gasteiger partial charge in [0.1, 0.15) is 0 Å². The number of fused-ring (bicyclic) bond motifs is 1. The molecule has 1 saturated heterocycles. The summed E-state index contributed by atoms with van der Waals surface area (Å²) in [5.74, 6) is -0.464. The average Bonchev–Trinajstić information content (AvgIpc) is 3.48. The third-order valence-electron chi connectivity index (χ3n) is 6.60. The van der Waals surface area contributed by atoms with Crippen molar-refractivity contribution in [2.45, 2.75) is 111 Å². The van der Waals surface area contributed by atoms with Crippen LogP contribution in [0.25, 0.3) is 11.2 Å². The van der Waals surface area contributed by atoms with E-state index in [9.17, 15) is 23.8 Å². The van der Waals surface area contributed by atoms with Gasteiger partial charge in [0, 0.05) is 19.5 Å². The molecule has 0 spiro atoms. The van der Waals surface area contributed by atoms with Crippen LogP contribution >= 0.6 is 15.2 Å². The van der Waals surface area contributed by atoms with E-state index in [0.29, 0.717) is 0 Å². The Hall–Kier alpha value is -2.16. The second-order valence-electron chi connectivity index (χ2n) is 12.4. The number of carbonyl (C=O) groups excluding carboxylic acids is 1. The van der Waals surface area contributed by atoms with E-state index in [4.69, 9.17) is 28.6 Å². The van der Waals surface area contributed by atoms with Gasteiger partial charge in [-0.3, -0.25) is 23.7 Å².